The van der Waals surface area contributed by atoms with Crippen molar-refractivity contribution in [2.24, 2.45) is 0 Å². The summed E-state index contributed by atoms with van der Waals surface area (Å²) in [5.74, 6) is 1.23. The van der Waals surface area contributed by atoms with Gasteiger partial charge in [0, 0.05) is 37.3 Å². The summed E-state index contributed by atoms with van der Waals surface area (Å²) < 4.78 is 24.9. The van der Waals surface area contributed by atoms with Gasteiger partial charge in [0.25, 0.3) is 5.91 Å². The molecule has 0 spiro atoms. The van der Waals surface area contributed by atoms with E-state index in [2.05, 4.69) is 14.9 Å². The van der Waals surface area contributed by atoms with Gasteiger partial charge in [0.05, 0.1) is 7.11 Å². The maximum Gasteiger partial charge on any atom is 0.254 e. The topological polar surface area (TPSA) is 67.8 Å². The number of benzene rings is 2. The molecule has 1 fully saturated rings. The fraction of sp³-hybridized carbons (Fsp3) is 0.292. The second-order valence-electron chi connectivity index (χ2n) is 7.78. The Morgan fingerprint density at radius 3 is 2.75 bits per heavy atom. The average molecular weight is 436 g/mol. The molecular weight excluding hydrogens is 411 g/mol. The van der Waals surface area contributed by atoms with Gasteiger partial charge in [-0.25, -0.2) is 14.4 Å². The maximum absolute atomic E-state index is 14.0. The highest BCUT2D eigenvalue weighted by atomic mass is 19.1. The Morgan fingerprint density at radius 2 is 1.97 bits per heavy atom. The fourth-order valence-electron chi connectivity index (χ4n) is 3.75. The molecule has 0 saturated carbocycles. The lowest BCUT2D eigenvalue weighted by atomic mass is 10.1. The molecule has 1 atom stereocenters. The molecule has 7 nitrogen and oxygen atoms in total. The number of nitrogens with zero attached hydrogens (tertiary/aromatic N) is 4. The van der Waals surface area contributed by atoms with Gasteiger partial charge >= 0.3 is 0 Å². The standard InChI is InChI=1S/C24H25FN4O3/c1-16-7-8-20(25)21(11-16)32-23-13-22(26-15-27-23)28-9-10-29(17(2)14-28)24(30)18-5-4-6-19(12-18)31-3/h4-8,11-13,15,17H,9-10,14H2,1-3H3/t17-/m1/s1. The summed E-state index contributed by atoms with van der Waals surface area (Å²) in [7, 11) is 1.58. The van der Waals surface area contributed by atoms with Crippen molar-refractivity contribution in [2.45, 2.75) is 19.9 Å². The van der Waals surface area contributed by atoms with Gasteiger partial charge in [-0.1, -0.05) is 12.1 Å². The highest BCUT2D eigenvalue weighted by Gasteiger charge is 2.29. The Balaban J connectivity index is 1.46. The largest absolute Gasteiger partial charge is 0.497 e. The zero-order valence-corrected chi connectivity index (χ0v) is 18.3. The van der Waals surface area contributed by atoms with Crippen molar-refractivity contribution >= 4 is 11.7 Å². The van der Waals surface area contributed by atoms with Gasteiger partial charge in [-0.3, -0.25) is 4.79 Å². The Hall–Kier alpha value is -3.68. The second-order valence-corrected chi connectivity index (χ2v) is 7.78. The first kappa shape index (κ1) is 21.5. The predicted octanol–water partition coefficient (Wildman–Crippen LogP) is 4.08. The molecule has 1 aromatic heterocycles. The number of amides is 1. The van der Waals surface area contributed by atoms with Gasteiger partial charge in [-0.2, -0.15) is 0 Å². The number of anilines is 1. The highest BCUT2D eigenvalue weighted by molar-refractivity contribution is 5.95. The monoisotopic (exact) mass is 436 g/mol. The SMILES string of the molecule is COc1cccc(C(=O)N2CCN(c3cc(Oc4cc(C)ccc4F)ncn3)C[C@H]2C)c1. The van der Waals surface area contributed by atoms with E-state index in [0.29, 0.717) is 36.8 Å². The van der Waals surface area contributed by atoms with Crippen LogP contribution in [-0.2, 0) is 0 Å². The van der Waals surface area contributed by atoms with E-state index >= 15 is 0 Å². The third-order valence-corrected chi connectivity index (χ3v) is 5.46. The van der Waals surface area contributed by atoms with E-state index in [1.807, 2.05) is 30.9 Å². The van der Waals surface area contributed by atoms with Crippen LogP contribution in [0.2, 0.25) is 0 Å². The minimum Gasteiger partial charge on any atom is -0.497 e. The van der Waals surface area contributed by atoms with Crippen LogP contribution < -0.4 is 14.4 Å². The van der Waals surface area contributed by atoms with Crippen molar-refractivity contribution in [1.29, 1.82) is 0 Å². The summed E-state index contributed by atoms with van der Waals surface area (Å²) in [5, 5.41) is 0. The number of ether oxygens (including phenoxy) is 2. The van der Waals surface area contributed by atoms with Crippen LogP contribution in [0.15, 0.2) is 54.9 Å². The summed E-state index contributed by atoms with van der Waals surface area (Å²) in [6.45, 7) is 5.63. The number of piperazine rings is 1. The van der Waals surface area contributed by atoms with Gasteiger partial charge in [0.2, 0.25) is 5.88 Å². The molecule has 4 rings (SSSR count). The molecule has 1 aliphatic heterocycles. The Labute approximate surface area is 186 Å². The Bertz CT molecular complexity index is 1120. The lowest BCUT2D eigenvalue weighted by molar-refractivity contribution is 0.0673. The van der Waals surface area contributed by atoms with Crippen molar-refractivity contribution < 1.29 is 18.7 Å². The highest BCUT2D eigenvalue weighted by Crippen LogP contribution is 2.27. The van der Waals surface area contributed by atoms with Crippen LogP contribution in [0, 0.1) is 12.7 Å². The van der Waals surface area contributed by atoms with Crippen LogP contribution in [-0.4, -0.2) is 53.6 Å². The van der Waals surface area contributed by atoms with Crippen LogP contribution in [0.1, 0.15) is 22.8 Å². The normalized spacial score (nSPS) is 16.1. The van der Waals surface area contributed by atoms with Crippen LogP contribution >= 0.6 is 0 Å². The number of hydrogen-bond acceptors (Lipinski definition) is 6. The van der Waals surface area contributed by atoms with Crippen molar-refractivity contribution in [3.8, 4) is 17.4 Å². The van der Waals surface area contributed by atoms with Gasteiger partial charge in [0.15, 0.2) is 11.6 Å². The van der Waals surface area contributed by atoms with E-state index in [1.165, 1.54) is 12.4 Å². The molecule has 166 valence electrons. The fourth-order valence-corrected chi connectivity index (χ4v) is 3.75. The molecule has 1 aliphatic rings. The minimum absolute atomic E-state index is 0.0299. The predicted molar refractivity (Wildman–Crippen MR) is 119 cm³/mol. The molecular formula is C24H25FN4O3. The molecule has 1 saturated heterocycles. The van der Waals surface area contributed by atoms with E-state index in [0.717, 1.165) is 5.56 Å². The smallest absolute Gasteiger partial charge is 0.254 e. The van der Waals surface area contributed by atoms with Gasteiger partial charge in [0.1, 0.15) is 17.9 Å². The van der Waals surface area contributed by atoms with E-state index in [4.69, 9.17) is 9.47 Å². The van der Waals surface area contributed by atoms with Gasteiger partial charge in [-0.15, -0.1) is 0 Å². The van der Waals surface area contributed by atoms with Gasteiger partial charge < -0.3 is 19.3 Å². The van der Waals surface area contributed by atoms with Crippen LogP contribution in [0.3, 0.4) is 0 Å². The summed E-state index contributed by atoms with van der Waals surface area (Å²) in [6, 6.07) is 13.5. The Morgan fingerprint density at radius 1 is 1.12 bits per heavy atom. The minimum atomic E-state index is -0.450. The third-order valence-electron chi connectivity index (χ3n) is 5.46. The number of aromatic nitrogens is 2. The lowest BCUT2D eigenvalue weighted by Gasteiger charge is -2.40. The molecule has 3 aromatic rings. The first-order valence-corrected chi connectivity index (χ1v) is 10.4. The molecule has 0 radical (unpaired) electrons. The maximum atomic E-state index is 14.0. The zero-order chi connectivity index (χ0) is 22.7. The molecule has 2 heterocycles. The number of hydrogen-bond donors (Lipinski definition) is 0. The quantitative estimate of drug-likeness (QED) is 0.601. The number of rotatable bonds is 5. The molecule has 0 unspecified atom stereocenters. The Kier molecular flexibility index (Phi) is 6.20. The van der Waals surface area contributed by atoms with Crippen molar-refractivity contribution in [1.82, 2.24) is 14.9 Å². The lowest BCUT2D eigenvalue weighted by Crippen LogP contribution is -2.54. The molecule has 2 aromatic carbocycles. The molecule has 0 aliphatic carbocycles. The first-order valence-electron chi connectivity index (χ1n) is 10.4. The van der Waals surface area contributed by atoms with Crippen LogP contribution in [0.4, 0.5) is 10.2 Å². The third kappa shape index (κ3) is 4.64. The van der Waals surface area contributed by atoms with E-state index in [9.17, 15) is 9.18 Å². The molecule has 0 N–H and O–H groups in total. The number of carbonyl (C=O) groups excluding carboxylic acids is 1. The van der Waals surface area contributed by atoms with Crippen LogP contribution in [0.25, 0.3) is 0 Å². The second kappa shape index (κ2) is 9.21. The summed E-state index contributed by atoms with van der Waals surface area (Å²) in [5.41, 5.74) is 1.49. The molecule has 1 amide bonds. The summed E-state index contributed by atoms with van der Waals surface area (Å²) >= 11 is 0. The van der Waals surface area contributed by atoms with Crippen molar-refractivity contribution in [3.05, 3.63) is 71.8 Å². The number of halogens is 1. The number of methoxy groups -OCH3 is 1. The first-order chi connectivity index (χ1) is 15.4. The van der Waals surface area contributed by atoms with E-state index in [1.54, 1.807) is 37.4 Å². The van der Waals surface area contributed by atoms with Crippen LogP contribution in [0.5, 0.6) is 17.4 Å². The number of carbonyl (C=O) groups is 1. The van der Waals surface area contributed by atoms with Gasteiger partial charge in [-0.05, 0) is 49.7 Å². The zero-order valence-electron chi connectivity index (χ0n) is 18.3. The summed E-state index contributed by atoms with van der Waals surface area (Å²) in [4.78, 5) is 25.4. The molecule has 0 bridgehead atoms. The molecule has 32 heavy (non-hydrogen) atoms. The number of aryl methyl sites for hydroxylation is 1. The van der Waals surface area contributed by atoms with E-state index in [-0.39, 0.29) is 23.6 Å². The van der Waals surface area contributed by atoms with E-state index < -0.39 is 5.82 Å². The summed E-state index contributed by atoms with van der Waals surface area (Å²) in [6.07, 6.45) is 1.40. The van der Waals surface area contributed by atoms with Crippen molar-refractivity contribution in [3.63, 3.8) is 0 Å². The average Bonchev–Trinajstić information content (AvgIpc) is 2.81. The molecule has 8 heteroatoms. The van der Waals surface area contributed by atoms with Crippen molar-refractivity contribution in [2.75, 3.05) is 31.6 Å².